The van der Waals surface area contributed by atoms with Gasteiger partial charge in [0.05, 0.1) is 18.1 Å². The van der Waals surface area contributed by atoms with Crippen molar-refractivity contribution in [2.45, 2.75) is 36.7 Å². The molecule has 1 atom stereocenters. The summed E-state index contributed by atoms with van der Waals surface area (Å²) < 4.78 is 7.55. The fraction of sp³-hybridized carbons (Fsp3) is 0.350. The van der Waals surface area contributed by atoms with E-state index in [1.54, 1.807) is 30.5 Å². The van der Waals surface area contributed by atoms with Crippen LogP contribution in [0.4, 0.5) is 11.6 Å². The van der Waals surface area contributed by atoms with E-state index in [9.17, 15) is 4.79 Å². The van der Waals surface area contributed by atoms with E-state index >= 15 is 0 Å². The number of carbonyl (C=O) groups is 1. The summed E-state index contributed by atoms with van der Waals surface area (Å²) in [5, 5.41) is 12.7. The lowest BCUT2D eigenvalue weighted by molar-refractivity contribution is -0.115. The molecule has 1 fully saturated rings. The van der Waals surface area contributed by atoms with Crippen molar-refractivity contribution in [3.05, 3.63) is 53.4 Å². The number of carbonyl (C=O) groups excluding carboxylic acids is 1. The van der Waals surface area contributed by atoms with Gasteiger partial charge in [0, 0.05) is 23.8 Å². The molecule has 152 valence electrons. The molecule has 1 N–H and O–H groups in total. The number of hydrogen-bond donors (Lipinski definition) is 1. The molecule has 0 saturated carbocycles. The third kappa shape index (κ3) is 4.76. The number of aromatic nitrogens is 3. The smallest absolute Gasteiger partial charge is 0.237 e. The van der Waals surface area contributed by atoms with E-state index in [0.29, 0.717) is 22.4 Å². The van der Waals surface area contributed by atoms with Gasteiger partial charge in [-0.1, -0.05) is 23.4 Å². The number of thioether (sulfide) groups is 1. The van der Waals surface area contributed by atoms with E-state index in [4.69, 9.17) is 16.0 Å². The number of amides is 1. The van der Waals surface area contributed by atoms with Crippen LogP contribution in [0.2, 0.25) is 5.02 Å². The summed E-state index contributed by atoms with van der Waals surface area (Å²) in [4.78, 5) is 14.9. The molecular weight excluding hydrogens is 410 g/mol. The van der Waals surface area contributed by atoms with Crippen LogP contribution in [-0.2, 0) is 11.3 Å². The standard InChI is InChI=1S/C20H22ClN5O2S/c1-14(18(27)22-16-8-6-15(21)7-9-16)29-20-24-23-19(25-10-2-3-11-25)26(20)13-17-5-4-12-28-17/h4-9,12,14H,2-3,10-11,13H2,1H3,(H,22,27). The van der Waals surface area contributed by atoms with Gasteiger partial charge in [0.1, 0.15) is 5.76 Å². The van der Waals surface area contributed by atoms with Gasteiger partial charge >= 0.3 is 0 Å². The highest BCUT2D eigenvalue weighted by Crippen LogP contribution is 2.29. The number of hydrogen-bond acceptors (Lipinski definition) is 6. The predicted octanol–water partition coefficient (Wildman–Crippen LogP) is 4.29. The Morgan fingerprint density at radius 1 is 1.24 bits per heavy atom. The van der Waals surface area contributed by atoms with Gasteiger partial charge in [-0.15, -0.1) is 10.2 Å². The van der Waals surface area contributed by atoms with Crippen molar-refractivity contribution < 1.29 is 9.21 Å². The minimum absolute atomic E-state index is 0.104. The fourth-order valence-corrected chi connectivity index (χ4v) is 4.17. The highest BCUT2D eigenvalue weighted by Gasteiger charge is 2.25. The molecule has 3 aromatic rings. The molecule has 1 amide bonds. The molecule has 0 radical (unpaired) electrons. The van der Waals surface area contributed by atoms with Crippen molar-refractivity contribution in [3.8, 4) is 0 Å². The summed E-state index contributed by atoms with van der Waals surface area (Å²) >= 11 is 7.29. The second kappa shape index (κ2) is 8.92. The Morgan fingerprint density at radius 2 is 2.00 bits per heavy atom. The summed E-state index contributed by atoms with van der Waals surface area (Å²) in [5.41, 5.74) is 0.710. The summed E-state index contributed by atoms with van der Waals surface area (Å²) in [6, 6.07) is 10.8. The zero-order valence-corrected chi connectivity index (χ0v) is 17.6. The number of anilines is 2. The molecule has 0 spiro atoms. The summed E-state index contributed by atoms with van der Waals surface area (Å²) in [6.45, 7) is 4.32. The Balaban J connectivity index is 1.50. The lowest BCUT2D eigenvalue weighted by Crippen LogP contribution is -2.24. The maximum atomic E-state index is 12.6. The first-order valence-electron chi connectivity index (χ1n) is 9.54. The molecule has 7 nitrogen and oxygen atoms in total. The first kappa shape index (κ1) is 19.8. The Hall–Kier alpha value is -2.45. The van der Waals surface area contributed by atoms with Crippen LogP contribution < -0.4 is 10.2 Å². The van der Waals surface area contributed by atoms with Gasteiger partial charge in [-0.2, -0.15) is 0 Å². The third-order valence-electron chi connectivity index (χ3n) is 4.74. The predicted molar refractivity (Wildman–Crippen MR) is 115 cm³/mol. The SMILES string of the molecule is CC(Sc1nnc(N2CCCC2)n1Cc1ccco1)C(=O)Nc1ccc(Cl)cc1. The molecule has 4 rings (SSSR count). The maximum absolute atomic E-state index is 12.6. The molecule has 1 aliphatic heterocycles. The topological polar surface area (TPSA) is 76.2 Å². The monoisotopic (exact) mass is 431 g/mol. The zero-order chi connectivity index (χ0) is 20.2. The highest BCUT2D eigenvalue weighted by atomic mass is 35.5. The number of nitrogens with zero attached hydrogens (tertiary/aromatic N) is 4. The van der Waals surface area contributed by atoms with E-state index in [2.05, 4.69) is 20.4 Å². The van der Waals surface area contributed by atoms with Gasteiger partial charge in [-0.3, -0.25) is 9.36 Å². The number of rotatable bonds is 7. The number of benzene rings is 1. The van der Waals surface area contributed by atoms with Gasteiger partial charge < -0.3 is 14.6 Å². The van der Waals surface area contributed by atoms with Gasteiger partial charge in [0.15, 0.2) is 5.16 Å². The van der Waals surface area contributed by atoms with E-state index in [-0.39, 0.29) is 11.2 Å². The van der Waals surface area contributed by atoms with Crippen LogP contribution >= 0.6 is 23.4 Å². The molecule has 0 bridgehead atoms. The number of nitrogens with one attached hydrogen (secondary N) is 1. The van der Waals surface area contributed by atoms with Crippen LogP contribution in [0.3, 0.4) is 0 Å². The van der Waals surface area contributed by atoms with Crippen molar-refractivity contribution in [1.82, 2.24) is 14.8 Å². The van der Waals surface area contributed by atoms with Gasteiger partial charge in [-0.25, -0.2) is 0 Å². The van der Waals surface area contributed by atoms with Gasteiger partial charge in [0.2, 0.25) is 11.9 Å². The molecule has 1 saturated heterocycles. The average Bonchev–Trinajstić information content (AvgIpc) is 3.47. The first-order valence-corrected chi connectivity index (χ1v) is 10.8. The van der Waals surface area contributed by atoms with Crippen LogP contribution in [0.25, 0.3) is 0 Å². The Kier molecular flexibility index (Phi) is 6.10. The van der Waals surface area contributed by atoms with Crippen LogP contribution in [0.1, 0.15) is 25.5 Å². The lowest BCUT2D eigenvalue weighted by atomic mass is 10.3. The third-order valence-corrected chi connectivity index (χ3v) is 6.08. The average molecular weight is 432 g/mol. The largest absolute Gasteiger partial charge is 0.467 e. The summed E-state index contributed by atoms with van der Waals surface area (Å²) in [5.74, 6) is 1.55. The molecule has 3 heterocycles. The van der Waals surface area contributed by atoms with Crippen LogP contribution in [0.5, 0.6) is 0 Å². The highest BCUT2D eigenvalue weighted by molar-refractivity contribution is 8.00. The summed E-state index contributed by atoms with van der Waals surface area (Å²) in [6.07, 6.45) is 3.95. The van der Waals surface area contributed by atoms with E-state index in [1.165, 1.54) is 11.8 Å². The lowest BCUT2D eigenvalue weighted by Gasteiger charge is -2.18. The Labute approximate surface area is 178 Å². The molecule has 2 aromatic heterocycles. The first-order chi connectivity index (χ1) is 14.1. The van der Waals surface area contributed by atoms with Crippen molar-refractivity contribution in [2.75, 3.05) is 23.3 Å². The molecule has 29 heavy (non-hydrogen) atoms. The fourth-order valence-electron chi connectivity index (χ4n) is 3.20. The molecule has 0 aliphatic carbocycles. The number of halogens is 1. The van der Waals surface area contributed by atoms with Crippen LogP contribution in [-0.4, -0.2) is 39.0 Å². The Morgan fingerprint density at radius 3 is 2.69 bits per heavy atom. The number of furan rings is 1. The molecule has 1 aliphatic rings. The van der Waals surface area contributed by atoms with Crippen molar-refractivity contribution in [1.29, 1.82) is 0 Å². The van der Waals surface area contributed by atoms with Crippen LogP contribution in [0.15, 0.2) is 52.2 Å². The minimum atomic E-state index is -0.350. The quantitative estimate of drug-likeness (QED) is 0.562. The van der Waals surface area contributed by atoms with Crippen molar-refractivity contribution in [2.24, 2.45) is 0 Å². The zero-order valence-electron chi connectivity index (χ0n) is 16.0. The van der Waals surface area contributed by atoms with E-state index < -0.39 is 0 Å². The minimum Gasteiger partial charge on any atom is -0.467 e. The van der Waals surface area contributed by atoms with Crippen molar-refractivity contribution in [3.63, 3.8) is 0 Å². The van der Waals surface area contributed by atoms with Gasteiger partial charge in [0.25, 0.3) is 0 Å². The van der Waals surface area contributed by atoms with Gasteiger partial charge in [-0.05, 0) is 56.2 Å². The molecular formula is C20H22ClN5O2S. The second-order valence-corrected chi connectivity index (χ2v) is 8.64. The molecule has 1 aromatic carbocycles. The Bertz CT molecular complexity index is 952. The maximum Gasteiger partial charge on any atom is 0.237 e. The van der Waals surface area contributed by atoms with Crippen LogP contribution in [0, 0.1) is 0 Å². The second-order valence-electron chi connectivity index (χ2n) is 6.90. The van der Waals surface area contributed by atoms with E-state index in [0.717, 1.165) is 37.6 Å². The summed E-state index contributed by atoms with van der Waals surface area (Å²) in [7, 11) is 0. The molecule has 1 unspecified atom stereocenters. The van der Waals surface area contributed by atoms with E-state index in [1.807, 2.05) is 23.6 Å². The van der Waals surface area contributed by atoms with Crippen molar-refractivity contribution >= 4 is 40.9 Å². The molecule has 9 heteroatoms. The normalized spacial score (nSPS) is 14.9.